The second-order valence-electron chi connectivity index (χ2n) is 4.26. The Labute approximate surface area is 114 Å². The molecular weight excluding hydrogens is 248 g/mol. The second kappa shape index (κ2) is 6.10. The van der Waals surface area contributed by atoms with E-state index < -0.39 is 0 Å². The lowest BCUT2D eigenvalue weighted by Gasteiger charge is -2.37. The molecule has 2 rings (SSSR count). The van der Waals surface area contributed by atoms with Gasteiger partial charge < -0.3 is 10.2 Å². The van der Waals surface area contributed by atoms with Crippen molar-refractivity contribution in [1.29, 1.82) is 0 Å². The Balaban J connectivity index is 0.00000162. The van der Waals surface area contributed by atoms with Crippen LogP contribution in [0.5, 0.6) is 0 Å². The van der Waals surface area contributed by atoms with Gasteiger partial charge >= 0.3 is 0 Å². The zero-order valence-electron chi connectivity index (χ0n) is 10.2. The van der Waals surface area contributed by atoms with Crippen molar-refractivity contribution in [2.75, 3.05) is 11.9 Å². The quantitative estimate of drug-likeness (QED) is 0.899. The Morgan fingerprint density at radius 3 is 2.72 bits per heavy atom. The SMILES string of the molecule is C.CCCN1C(=O)c2cc(Cl)ccc2NC1CC. The molecule has 3 nitrogen and oxygen atoms in total. The molecule has 0 radical (unpaired) electrons. The summed E-state index contributed by atoms with van der Waals surface area (Å²) >= 11 is 5.94. The van der Waals surface area contributed by atoms with E-state index in [0.29, 0.717) is 10.6 Å². The summed E-state index contributed by atoms with van der Waals surface area (Å²) in [6, 6.07) is 5.42. The third-order valence-electron chi connectivity index (χ3n) is 3.02. The molecule has 1 heterocycles. The van der Waals surface area contributed by atoms with Crippen LogP contribution in [0, 0.1) is 0 Å². The van der Waals surface area contributed by atoms with Crippen LogP contribution in [0.1, 0.15) is 44.5 Å². The highest BCUT2D eigenvalue weighted by molar-refractivity contribution is 6.31. The molecule has 0 bridgehead atoms. The molecule has 1 amide bonds. The van der Waals surface area contributed by atoms with Crippen molar-refractivity contribution in [3.8, 4) is 0 Å². The lowest BCUT2D eigenvalue weighted by atomic mass is 10.1. The van der Waals surface area contributed by atoms with Gasteiger partial charge in [-0.25, -0.2) is 0 Å². The van der Waals surface area contributed by atoms with E-state index in [2.05, 4.69) is 19.2 Å². The van der Waals surface area contributed by atoms with Crippen LogP contribution in [0.15, 0.2) is 18.2 Å². The highest BCUT2D eigenvalue weighted by Crippen LogP contribution is 2.28. The van der Waals surface area contributed by atoms with Crippen LogP contribution >= 0.6 is 11.6 Å². The molecule has 1 aromatic rings. The second-order valence-corrected chi connectivity index (χ2v) is 4.69. The largest absolute Gasteiger partial charge is 0.364 e. The monoisotopic (exact) mass is 268 g/mol. The summed E-state index contributed by atoms with van der Waals surface area (Å²) < 4.78 is 0. The fraction of sp³-hybridized carbons (Fsp3) is 0.500. The Hall–Kier alpha value is -1.22. The first-order valence-electron chi connectivity index (χ1n) is 6.04. The van der Waals surface area contributed by atoms with Gasteiger partial charge in [0.15, 0.2) is 0 Å². The third-order valence-corrected chi connectivity index (χ3v) is 3.26. The van der Waals surface area contributed by atoms with Gasteiger partial charge in [-0.3, -0.25) is 4.79 Å². The topological polar surface area (TPSA) is 32.3 Å². The molecule has 100 valence electrons. The first kappa shape index (κ1) is 14.8. The summed E-state index contributed by atoms with van der Waals surface area (Å²) in [6.45, 7) is 4.93. The maximum Gasteiger partial charge on any atom is 0.257 e. The molecule has 0 fully saturated rings. The Morgan fingerprint density at radius 2 is 2.11 bits per heavy atom. The fourth-order valence-electron chi connectivity index (χ4n) is 2.19. The Bertz CT molecular complexity index is 434. The van der Waals surface area contributed by atoms with E-state index >= 15 is 0 Å². The molecule has 1 unspecified atom stereocenters. The van der Waals surface area contributed by atoms with Gasteiger partial charge in [0.25, 0.3) is 5.91 Å². The van der Waals surface area contributed by atoms with E-state index in [-0.39, 0.29) is 19.5 Å². The number of amides is 1. The summed E-state index contributed by atoms with van der Waals surface area (Å²) in [5, 5.41) is 3.99. The molecule has 0 saturated heterocycles. The summed E-state index contributed by atoms with van der Waals surface area (Å²) in [6.07, 6.45) is 1.95. The summed E-state index contributed by atoms with van der Waals surface area (Å²) in [4.78, 5) is 14.2. The Morgan fingerprint density at radius 1 is 1.39 bits per heavy atom. The number of carbonyl (C=O) groups excluding carboxylic acids is 1. The van der Waals surface area contributed by atoms with Crippen LogP contribution in [0.4, 0.5) is 5.69 Å². The fourth-order valence-corrected chi connectivity index (χ4v) is 2.37. The van der Waals surface area contributed by atoms with Gasteiger partial charge in [-0.2, -0.15) is 0 Å². The van der Waals surface area contributed by atoms with Crippen molar-refractivity contribution in [3.63, 3.8) is 0 Å². The van der Waals surface area contributed by atoms with E-state index in [9.17, 15) is 4.79 Å². The molecule has 4 heteroatoms. The van der Waals surface area contributed by atoms with Gasteiger partial charge in [-0.15, -0.1) is 0 Å². The zero-order valence-corrected chi connectivity index (χ0v) is 10.9. The predicted octanol–water partition coefficient (Wildman–Crippen LogP) is 3.99. The summed E-state index contributed by atoms with van der Waals surface area (Å²) in [5.41, 5.74) is 1.56. The lowest BCUT2D eigenvalue weighted by molar-refractivity contribution is 0.0681. The minimum absolute atomic E-state index is 0. The van der Waals surface area contributed by atoms with E-state index in [4.69, 9.17) is 11.6 Å². The van der Waals surface area contributed by atoms with E-state index in [0.717, 1.165) is 25.1 Å². The molecule has 1 aliphatic rings. The third kappa shape index (κ3) is 2.61. The predicted molar refractivity (Wildman–Crippen MR) is 77.2 cm³/mol. The van der Waals surface area contributed by atoms with Gasteiger partial charge in [0.1, 0.15) is 6.17 Å². The molecule has 1 atom stereocenters. The van der Waals surface area contributed by atoms with Gasteiger partial charge in [-0.1, -0.05) is 32.9 Å². The number of hydrogen-bond acceptors (Lipinski definition) is 2. The lowest BCUT2D eigenvalue weighted by Crippen LogP contribution is -2.48. The van der Waals surface area contributed by atoms with Crippen LogP contribution < -0.4 is 5.32 Å². The van der Waals surface area contributed by atoms with Crippen molar-refractivity contribution < 1.29 is 4.79 Å². The number of nitrogens with zero attached hydrogens (tertiary/aromatic N) is 1. The number of fused-ring (bicyclic) bond motifs is 1. The van der Waals surface area contributed by atoms with Gasteiger partial charge in [0.2, 0.25) is 0 Å². The smallest absolute Gasteiger partial charge is 0.257 e. The minimum atomic E-state index is 0. The number of nitrogens with one attached hydrogen (secondary N) is 1. The van der Waals surface area contributed by atoms with Crippen molar-refractivity contribution in [2.45, 2.75) is 40.3 Å². The van der Waals surface area contributed by atoms with Crippen molar-refractivity contribution in [2.24, 2.45) is 0 Å². The van der Waals surface area contributed by atoms with E-state index in [1.165, 1.54) is 0 Å². The summed E-state index contributed by atoms with van der Waals surface area (Å²) in [7, 11) is 0. The first-order valence-corrected chi connectivity index (χ1v) is 6.42. The Kier molecular flexibility index (Phi) is 5.03. The number of rotatable bonds is 3. The first-order chi connectivity index (χ1) is 8.17. The number of halogens is 1. The maximum absolute atomic E-state index is 12.4. The van der Waals surface area contributed by atoms with Gasteiger partial charge in [0, 0.05) is 17.3 Å². The van der Waals surface area contributed by atoms with Crippen LogP contribution in [0.2, 0.25) is 5.02 Å². The van der Waals surface area contributed by atoms with Gasteiger partial charge in [-0.05, 0) is 31.0 Å². The number of anilines is 1. The standard InChI is InChI=1S/C13H17ClN2O.CH4/c1-3-7-16-12(4-2)15-11-6-5-9(14)8-10(11)13(16)17;/h5-6,8,12,15H,3-4,7H2,1-2H3;1H4. The van der Waals surface area contributed by atoms with Crippen LogP contribution in [0.3, 0.4) is 0 Å². The minimum Gasteiger partial charge on any atom is -0.364 e. The highest BCUT2D eigenvalue weighted by Gasteiger charge is 2.30. The van der Waals surface area contributed by atoms with Crippen molar-refractivity contribution in [1.82, 2.24) is 4.90 Å². The van der Waals surface area contributed by atoms with E-state index in [1.54, 1.807) is 6.07 Å². The summed E-state index contributed by atoms with van der Waals surface area (Å²) in [5.74, 6) is 0.0787. The van der Waals surface area contributed by atoms with Crippen LogP contribution in [-0.2, 0) is 0 Å². The molecule has 0 aromatic heterocycles. The maximum atomic E-state index is 12.4. The highest BCUT2D eigenvalue weighted by atomic mass is 35.5. The molecule has 0 spiro atoms. The zero-order chi connectivity index (χ0) is 12.4. The molecule has 0 saturated carbocycles. The van der Waals surface area contributed by atoms with Crippen molar-refractivity contribution >= 4 is 23.2 Å². The molecular formula is C14H21ClN2O. The molecule has 0 aliphatic carbocycles. The molecule has 1 N–H and O–H groups in total. The van der Waals surface area contributed by atoms with Crippen LogP contribution in [0.25, 0.3) is 0 Å². The normalized spacial score (nSPS) is 17.8. The average Bonchev–Trinajstić information content (AvgIpc) is 2.33. The molecule has 18 heavy (non-hydrogen) atoms. The van der Waals surface area contributed by atoms with Crippen molar-refractivity contribution in [3.05, 3.63) is 28.8 Å². The van der Waals surface area contributed by atoms with E-state index in [1.807, 2.05) is 17.0 Å². The van der Waals surface area contributed by atoms with Crippen LogP contribution in [-0.4, -0.2) is 23.5 Å². The number of carbonyl (C=O) groups is 1. The molecule has 1 aromatic carbocycles. The van der Waals surface area contributed by atoms with Gasteiger partial charge in [0.05, 0.1) is 5.56 Å². The number of hydrogen-bond donors (Lipinski definition) is 1. The number of benzene rings is 1. The average molecular weight is 269 g/mol. The molecule has 1 aliphatic heterocycles.